The summed E-state index contributed by atoms with van der Waals surface area (Å²) in [5, 5.41) is 19.9. The van der Waals surface area contributed by atoms with Crippen LogP contribution in [0.5, 0.6) is 5.75 Å². The summed E-state index contributed by atoms with van der Waals surface area (Å²) in [7, 11) is 0.703. The van der Waals surface area contributed by atoms with E-state index in [2.05, 4.69) is 12.1 Å². The van der Waals surface area contributed by atoms with Gasteiger partial charge in [0.25, 0.3) is 11.9 Å². The highest BCUT2D eigenvalue weighted by Gasteiger charge is 2.30. The molecule has 2 aromatic carbocycles. The van der Waals surface area contributed by atoms with Gasteiger partial charge in [0.05, 0.1) is 19.0 Å². The number of aliphatic hydroxyl groups excluding tert-OH is 2. The largest absolute Gasteiger partial charge is 0.636 e. The Balaban J connectivity index is 1.42. The maximum atomic E-state index is 9.93. The van der Waals surface area contributed by atoms with E-state index in [-0.39, 0.29) is 11.9 Å². The number of benzene rings is 2. The Bertz CT molecular complexity index is 984. The molecule has 0 saturated heterocycles. The minimum Gasteiger partial charge on any atom is -0.494 e. The first-order valence-electron chi connectivity index (χ1n) is 11.3. The average Bonchev–Trinajstić information content (AvgIpc) is 3.19. The fourth-order valence-corrected chi connectivity index (χ4v) is 4.33. The molecule has 1 atom stereocenters. The molecule has 0 saturated carbocycles. The molecule has 0 spiro atoms. The van der Waals surface area contributed by atoms with Gasteiger partial charge >= 0.3 is 7.12 Å². The molecule has 2 N–H and O–H groups in total. The minimum atomic E-state index is -0.941. The highest BCUT2D eigenvalue weighted by Crippen LogP contribution is 2.40. The van der Waals surface area contributed by atoms with Crippen LogP contribution in [0.2, 0.25) is 0 Å². The molecular formula is C25H30BNO6. The number of hydrogen-bond acceptors (Lipinski definition) is 7. The number of nitrogens with zero attached hydrogens (tertiary/aromatic N) is 1. The van der Waals surface area contributed by atoms with Crippen molar-refractivity contribution in [3.63, 3.8) is 0 Å². The normalized spacial score (nSPS) is 21.0. The summed E-state index contributed by atoms with van der Waals surface area (Å²) in [5.41, 5.74) is 4.56. The fraction of sp³-hybridized carbons (Fsp3) is 0.360. The van der Waals surface area contributed by atoms with Crippen LogP contribution in [-0.2, 0) is 26.9 Å². The summed E-state index contributed by atoms with van der Waals surface area (Å²) < 4.78 is 22.2. The Morgan fingerprint density at radius 3 is 2.45 bits per heavy atom. The van der Waals surface area contributed by atoms with E-state index >= 15 is 0 Å². The van der Waals surface area contributed by atoms with Gasteiger partial charge < -0.3 is 33.9 Å². The number of ether oxygens (including phenoxy) is 2. The predicted molar refractivity (Wildman–Crippen MR) is 126 cm³/mol. The first kappa shape index (κ1) is 22.9. The summed E-state index contributed by atoms with van der Waals surface area (Å²) in [5.74, 6) is 0.814. The van der Waals surface area contributed by atoms with E-state index in [0.29, 0.717) is 31.2 Å². The van der Waals surface area contributed by atoms with Crippen LogP contribution < -0.4 is 10.2 Å². The van der Waals surface area contributed by atoms with E-state index < -0.39 is 7.12 Å². The third-order valence-corrected chi connectivity index (χ3v) is 5.86. The molecule has 33 heavy (non-hydrogen) atoms. The van der Waals surface area contributed by atoms with E-state index in [1.807, 2.05) is 37.3 Å². The number of fused-ring (bicyclic) bond motifs is 1. The summed E-state index contributed by atoms with van der Waals surface area (Å²) in [6, 6.07) is 14.2. The van der Waals surface area contributed by atoms with E-state index in [1.165, 1.54) is 34.0 Å². The van der Waals surface area contributed by atoms with Crippen LogP contribution in [-0.4, -0.2) is 49.1 Å². The van der Waals surface area contributed by atoms with Crippen molar-refractivity contribution in [2.24, 2.45) is 0 Å². The van der Waals surface area contributed by atoms with E-state index in [9.17, 15) is 10.2 Å². The molecule has 174 valence electrons. The maximum Gasteiger partial charge on any atom is 0.636 e. The van der Waals surface area contributed by atoms with E-state index in [1.54, 1.807) is 7.05 Å². The van der Waals surface area contributed by atoms with E-state index in [4.69, 9.17) is 18.8 Å². The average molecular weight is 451 g/mol. The van der Waals surface area contributed by atoms with Gasteiger partial charge in [-0.1, -0.05) is 36.4 Å². The summed E-state index contributed by atoms with van der Waals surface area (Å²) in [6.07, 6.45) is 5.73. The quantitative estimate of drug-likeness (QED) is 0.467. The molecule has 0 radical (unpaired) electrons. The molecule has 0 fully saturated rings. The lowest BCUT2D eigenvalue weighted by Gasteiger charge is -2.20. The highest BCUT2D eigenvalue weighted by atomic mass is 16.7. The van der Waals surface area contributed by atoms with Crippen LogP contribution >= 0.6 is 0 Å². The molecule has 0 bridgehead atoms. The Kier molecular flexibility index (Phi) is 7.34. The zero-order chi connectivity index (χ0) is 23.2. The van der Waals surface area contributed by atoms with Crippen LogP contribution in [0.25, 0.3) is 0 Å². The van der Waals surface area contributed by atoms with Gasteiger partial charge in [0.15, 0.2) is 0 Å². The standard InChI is InChI=1S/C25H30BNO6/c1-3-30-13-14-31-23-6-4-5-21-19(9-12-22(21)23)15-18-7-10-20(11-8-18)26-32-24(28)16-27(2)17-25(29)33-26/h4-8,10-11,16-17,19,28-29H,3,9,12-15H2,1-2H3/b24-16-,25-17-. The van der Waals surface area contributed by atoms with Gasteiger partial charge in [0.1, 0.15) is 12.4 Å². The number of aliphatic hydroxyl groups is 2. The monoisotopic (exact) mass is 451 g/mol. The van der Waals surface area contributed by atoms with Gasteiger partial charge in [-0.2, -0.15) is 0 Å². The molecule has 0 amide bonds. The van der Waals surface area contributed by atoms with Crippen molar-refractivity contribution in [2.45, 2.75) is 32.1 Å². The Morgan fingerprint density at radius 2 is 1.76 bits per heavy atom. The van der Waals surface area contributed by atoms with Gasteiger partial charge in [-0.3, -0.25) is 0 Å². The third kappa shape index (κ3) is 5.76. The fourth-order valence-electron chi connectivity index (χ4n) is 4.33. The third-order valence-electron chi connectivity index (χ3n) is 5.86. The van der Waals surface area contributed by atoms with Gasteiger partial charge in [-0.15, -0.1) is 0 Å². The predicted octanol–water partition coefficient (Wildman–Crippen LogP) is 3.76. The molecule has 2 aromatic rings. The molecule has 1 unspecified atom stereocenters. The first-order valence-corrected chi connectivity index (χ1v) is 11.3. The van der Waals surface area contributed by atoms with Crippen molar-refractivity contribution < 1.29 is 29.0 Å². The van der Waals surface area contributed by atoms with Gasteiger partial charge in [0.2, 0.25) is 0 Å². The number of rotatable bonds is 8. The Labute approximate surface area is 195 Å². The lowest BCUT2D eigenvalue weighted by molar-refractivity contribution is 0.110. The van der Waals surface area contributed by atoms with Crippen molar-refractivity contribution in [1.29, 1.82) is 0 Å². The lowest BCUT2D eigenvalue weighted by Crippen LogP contribution is -2.37. The van der Waals surface area contributed by atoms with Crippen LogP contribution in [0.4, 0.5) is 0 Å². The van der Waals surface area contributed by atoms with Crippen LogP contribution in [0.3, 0.4) is 0 Å². The molecule has 1 heterocycles. The van der Waals surface area contributed by atoms with Gasteiger partial charge in [0, 0.05) is 19.1 Å². The molecule has 1 aliphatic heterocycles. The van der Waals surface area contributed by atoms with Crippen molar-refractivity contribution >= 4 is 12.6 Å². The maximum absolute atomic E-state index is 9.93. The molecule has 8 heteroatoms. The summed E-state index contributed by atoms with van der Waals surface area (Å²) in [6.45, 7) is 3.84. The minimum absolute atomic E-state index is 0.294. The van der Waals surface area contributed by atoms with E-state index in [0.717, 1.165) is 25.0 Å². The molecular weight excluding hydrogens is 421 g/mol. The molecule has 2 aliphatic rings. The smallest absolute Gasteiger partial charge is 0.494 e. The Hall–Kier alpha value is -3.26. The second kappa shape index (κ2) is 10.6. The molecule has 1 aliphatic carbocycles. The second-order valence-electron chi connectivity index (χ2n) is 8.22. The van der Waals surface area contributed by atoms with Gasteiger partial charge in [-0.25, -0.2) is 0 Å². The molecule has 0 aromatic heterocycles. The van der Waals surface area contributed by atoms with Crippen LogP contribution in [0.1, 0.15) is 36.0 Å². The highest BCUT2D eigenvalue weighted by molar-refractivity contribution is 6.61. The van der Waals surface area contributed by atoms with Crippen molar-refractivity contribution in [3.8, 4) is 5.75 Å². The zero-order valence-electron chi connectivity index (χ0n) is 19.1. The summed E-state index contributed by atoms with van der Waals surface area (Å²) in [4.78, 5) is 1.44. The first-order chi connectivity index (χ1) is 16.0. The van der Waals surface area contributed by atoms with Crippen molar-refractivity contribution in [3.05, 3.63) is 83.4 Å². The van der Waals surface area contributed by atoms with Crippen LogP contribution in [0, 0.1) is 0 Å². The Morgan fingerprint density at radius 1 is 1.03 bits per heavy atom. The second-order valence-corrected chi connectivity index (χ2v) is 8.22. The SMILES string of the molecule is CCOCCOc1cccc2c1CCC2Cc1ccc(B2O/C(O)=C\N(C)/C=C(/O)O2)cc1. The summed E-state index contributed by atoms with van der Waals surface area (Å²) >= 11 is 0. The molecule has 4 rings (SSSR count). The van der Waals surface area contributed by atoms with Gasteiger partial charge in [-0.05, 0) is 54.9 Å². The number of hydrogen-bond donors (Lipinski definition) is 2. The van der Waals surface area contributed by atoms with Crippen molar-refractivity contribution in [1.82, 2.24) is 4.90 Å². The van der Waals surface area contributed by atoms with Crippen LogP contribution in [0.15, 0.2) is 66.8 Å². The van der Waals surface area contributed by atoms with Crippen molar-refractivity contribution in [2.75, 3.05) is 26.9 Å². The topological polar surface area (TPSA) is 80.6 Å². The zero-order valence-corrected chi connectivity index (χ0v) is 19.1. The molecule has 7 nitrogen and oxygen atoms in total. The lowest BCUT2D eigenvalue weighted by atomic mass is 9.78.